The van der Waals surface area contributed by atoms with E-state index in [4.69, 9.17) is 9.84 Å². The normalized spacial score (nSPS) is 13.8. The van der Waals surface area contributed by atoms with Gasteiger partial charge < -0.3 is 20.3 Å². The van der Waals surface area contributed by atoms with Crippen LogP contribution >= 0.6 is 0 Å². The monoisotopic (exact) mass is 239 g/mol. The maximum Gasteiger partial charge on any atom is 0.407 e. The van der Waals surface area contributed by atoms with Gasteiger partial charge in [0.2, 0.25) is 0 Å². The van der Waals surface area contributed by atoms with Crippen LogP contribution < -0.4 is 5.32 Å². The molecular formula is C12H17NO4. The third kappa shape index (κ3) is 4.84. The average molecular weight is 239 g/mol. The van der Waals surface area contributed by atoms with Gasteiger partial charge in [0.05, 0.1) is 18.8 Å². The van der Waals surface area contributed by atoms with Crippen LogP contribution in [0.5, 0.6) is 0 Å². The summed E-state index contributed by atoms with van der Waals surface area (Å²) in [5.41, 5.74) is 0.875. The predicted molar refractivity (Wildman–Crippen MR) is 62.3 cm³/mol. The minimum atomic E-state index is -0.829. The Hall–Kier alpha value is -1.59. The standard InChI is InChI=1S/C12H17NO4/c1-9(15)11(7-14)13-12(16)17-8-10-5-3-2-4-6-10/h2-6,9,11,14-15H,7-8H2,1H3,(H,13,16). The quantitative estimate of drug-likeness (QED) is 0.705. The first-order chi connectivity index (χ1) is 8.13. The second-order valence-corrected chi connectivity index (χ2v) is 3.74. The van der Waals surface area contributed by atoms with Gasteiger partial charge in [0.1, 0.15) is 6.61 Å². The van der Waals surface area contributed by atoms with E-state index >= 15 is 0 Å². The molecular weight excluding hydrogens is 222 g/mol. The number of aliphatic hydroxyl groups is 2. The zero-order valence-electron chi connectivity index (χ0n) is 9.67. The van der Waals surface area contributed by atoms with Crippen molar-refractivity contribution in [1.29, 1.82) is 0 Å². The number of carbonyl (C=O) groups is 1. The second-order valence-electron chi connectivity index (χ2n) is 3.74. The van der Waals surface area contributed by atoms with Crippen molar-refractivity contribution >= 4 is 6.09 Å². The topological polar surface area (TPSA) is 78.8 Å². The first-order valence-corrected chi connectivity index (χ1v) is 5.39. The summed E-state index contributed by atoms with van der Waals surface area (Å²) in [6.07, 6.45) is -1.49. The highest BCUT2D eigenvalue weighted by Crippen LogP contribution is 2.01. The summed E-state index contributed by atoms with van der Waals surface area (Å²) in [6, 6.07) is 8.54. The Morgan fingerprint density at radius 3 is 2.59 bits per heavy atom. The lowest BCUT2D eigenvalue weighted by molar-refractivity contribution is 0.0858. The van der Waals surface area contributed by atoms with Crippen molar-refractivity contribution in [1.82, 2.24) is 5.32 Å². The van der Waals surface area contributed by atoms with Gasteiger partial charge in [-0.3, -0.25) is 0 Å². The smallest absolute Gasteiger partial charge is 0.407 e. The highest BCUT2D eigenvalue weighted by molar-refractivity contribution is 5.67. The predicted octanol–water partition coefficient (Wildman–Crippen LogP) is 0.654. The van der Waals surface area contributed by atoms with Gasteiger partial charge >= 0.3 is 6.09 Å². The number of nitrogens with one attached hydrogen (secondary N) is 1. The molecule has 1 aromatic carbocycles. The maximum atomic E-state index is 11.3. The number of rotatable bonds is 5. The van der Waals surface area contributed by atoms with Gasteiger partial charge in [-0.15, -0.1) is 0 Å². The molecule has 0 bridgehead atoms. The van der Waals surface area contributed by atoms with E-state index in [1.54, 1.807) is 0 Å². The fraction of sp³-hybridized carbons (Fsp3) is 0.417. The Bertz CT molecular complexity index is 340. The van der Waals surface area contributed by atoms with Gasteiger partial charge in [0.25, 0.3) is 0 Å². The van der Waals surface area contributed by atoms with Crippen molar-refractivity contribution in [2.24, 2.45) is 0 Å². The Morgan fingerprint density at radius 1 is 1.41 bits per heavy atom. The Labute approximate surface area is 100 Å². The molecule has 0 aliphatic carbocycles. The van der Waals surface area contributed by atoms with E-state index in [0.717, 1.165) is 5.56 Å². The van der Waals surface area contributed by atoms with E-state index in [-0.39, 0.29) is 13.2 Å². The first kappa shape index (κ1) is 13.5. The molecule has 5 heteroatoms. The minimum absolute atomic E-state index is 0.157. The lowest BCUT2D eigenvalue weighted by Gasteiger charge is -2.18. The van der Waals surface area contributed by atoms with Gasteiger partial charge in [0.15, 0.2) is 0 Å². The number of benzene rings is 1. The molecule has 2 atom stereocenters. The summed E-state index contributed by atoms with van der Waals surface area (Å²) in [5.74, 6) is 0. The van der Waals surface area contributed by atoms with Crippen molar-refractivity contribution in [2.45, 2.75) is 25.7 Å². The number of amides is 1. The van der Waals surface area contributed by atoms with Crippen LogP contribution in [-0.2, 0) is 11.3 Å². The molecule has 0 spiro atoms. The summed E-state index contributed by atoms with van der Waals surface area (Å²) < 4.78 is 4.94. The van der Waals surface area contributed by atoms with Gasteiger partial charge in [-0.1, -0.05) is 30.3 Å². The van der Waals surface area contributed by atoms with E-state index in [0.29, 0.717) is 0 Å². The molecule has 3 N–H and O–H groups in total. The summed E-state index contributed by atoms with van der Waals surface area (Å²) >= 11 is 0. The number of alkyl carbamates (subject to hydrolysis) is 1. The van der Waals surface area contributed by atoms with E-state index in [1.807, 2.05) is 30.3 Å². The van der Waals surface area contributed by atoms with Crippen LogP contribution in [-0.4, -0.2) is 35.1 Å². The Kier molecular flexibility index (Phi) is 5.45. The largest absolute Gasteiger partial charge is 0.445 e. The third-order valence-corrected chi connectivity index (χ3v) is 2.30. The molecule has 94 valence electrons. The van der Waals surface area contributed by atoms with E-state index in [1.165, 1.54) is 6.92 Å². The number of aliphatic hydroxyl groups excluding tert-OH is 2. The molecule has 0 saturated carbocycles. The van der Waals surface area contributed by atoms with Gasteiger partial charge in [-0.2, -0.15) is 0 Å². The molecule has 0 radical (unpaired) electrons. The number of ether oxygens (including phenoxy) is 1. The van der Waals surface area contributed by atoms with E-state index in [2.05, 4.69) is 5.32 Å². The summed E-state index contributed by atoms with van der Waals surface area (Å²) in [5, 5.41) is 20.5. The van der Waals surface area contributed by atoms with Crippen LogP contribution in [0.3, 0.4) is 0 Å². The van der Waals surface area contributed by atoms with Crippen molar-refractivity contribution in [3.05, 3.63) is 35.9 Å². The molecule has 0 heterocycles. The molecule has 5 nitrogen and oxygen atoms in total. The van der Waals surface area contributed by atoms with Gasteiger partial charge in [-0.05, 0) is 12.5 Å². The van der Waals surface area contributed by atoms with E-state index < -0.39 is 18.2 Å². The van der Waals surface area contributed by atoms with Crippen LogP contribution in [0.1, 0.15) is 12.5 Å². The zero-order chi connectivity index (χ0) is 12.7. The number of hydrogen-bond donors (Lipinski definition) is 3. The summed E-state index contributed by atoms with van der Waals surface area (Å²) in [7, 11) is 0. The lowest BCUT2D eigenvalue weighted by atomic mass is 10.2. The van der Waals surface area contributed by atoms with E-state index in [9.17, 15) is 9.90 Å². The maximum absolute atomic E-state index is 11.3. The van der Waals surface area contributed by atoms with Crippen molar-refractivity contribution in [3.63, 3.8) is 0 Å². The first-order valence-electron chi connectivity index (χ1n) is 5.39. The van der Waals surface area contributed by atoms with Crippen LogP contribution in [0.25, 0.3) is 0 Å². The minimum Gasteiger partial charge on any atom is -0.445 e. The zero-order valence-corrected chi connectivity index (χ0v) is 9.67. The molecule has 2 unspecified atom stereocenters. The lowest BCUT2D eigenvalue weighted by Crippen LogP contribution is -2.44. The van der Waals surface area contributed by atoms with Crippen LogP contribution in [0, 0.1) is 0 Å². The fourth-order valence-corrected chi connectivity index (χ4v) is 1.23. The molecule has 0 aromatic heterocycles. The number of hydrogen-bond acceptors (Lipinski definition) is 4. The van der Waals surface area contributed by atoms with Crippen LogP contribution in [0.4, 0.5) is 4.79 Å². The fourth-order valence-electron chi connectivity index (χ4n) is 1.23. The van der Waals surface area contributed by atoms with Crippen LogP contribution in [0.15, 0.2) is 30.3 Å². The second kappa shape index (κ2) is 6.88. The third-order valence-electron chi connectivity index (χ3n) is 2.30. The highest BCUT2D eigenvalue weighted by Gasteiger charge is 2.16. The molecule has 0 fully saturated rings. The molecule has 0 aliphatic heterocycles. The highest BCUT2D eigenvalue weighted by atomic mass is 16.5. The summed E-state index contributed by atoms with van der Waals surface area (Å²) in [6.45, 7) is 1.31. The van der Waals surface area contributed by atoms with Crippen molar-refractivity contribution < 1.29 is 19.7 Å². The SMILES string of the molecule is CC(O)C(CO)NC(=O)OCc1ccccc1. The molecule has 1 amide bonds. The molecule has 1 rings (SSSR count). The van der Waals surface area contributed by atoms with Crippen LogP contribution in [0.2, 0.25) is 0 Å². The Balaban J connectivity index is 2.35. The Morgan fingerprint density at radius 2 is 2.06 bits per heavy atom. The molecule has 0 saturated heterocycles. The number of carbonyl (C=O) groups excluding carboxylic acids is 1. The van der Waals surface area contributed by atoms with Gasteiger partial charge in [0, 0.05) is 0 Å². The van der Waals surface area contributed by atoms with Crippen molar-refractivity contribution in [3.8, 4) is 0 Å². The average Bonchev–Trinajstić information content (AvgIpc) is 2.34. The van der Waals surface area contributed by atoms with Crippen molar-refractivity contribution in [2.75, 3.05) is 6.61 Å². The molecule has 0 aliphatic rings. The molecule has 1 aromatic rings. The summed E-state index contributed by atoms with van der Waals surface area (Å²) in [4.78, 5) is 11.3. The molecule has 17 heavy (non-hydrogen) atoms. The van der Waals surface area contributed by atoms with Gasteiger partial charge in [-0.25, -0.2) is 4.79 Å².